The molecule has 1 aliphatic rings. The molecule has 0 saturated carbocycles. The average Bonchev–Trinajstić information content (AvgIpc) is 2.77. The predicted molar refractivity (Wildman–Crippen MR) is 51.1 cm³/mol. The van der Waals surface area contributed by atoms with Crippen molar-refractivity contribution in [2.75, 3.05) is 13.2 Å². The number of nitrogens with zero attached hydrogens (tertiary/aromatic N) is 4. The Kier molecular flexibility index (Phi) is 3.05. The van der Waals surface area contributed by atoms with Crippen LogP contribution in [0.3, 0.4) is 0 Å². The summed E-state index contributed by atoms with van der Waals surface area (Å²) < 4.78 is 5.21. The zero-order valence-electron chi connectivity index (χ0n) is 8.72. The van der Waals surface area contributed by atoms with Gasteiger partial charge in [0.05, 0.1) is 13.5 Å². The third-order valence-corrected chi connectivity index (χ3v) is 2.45. The van der Waals surface area contributed by atoms with Gasteiger partial charge in [-0.05, 0) is 17.6 Å². The lowest BCUT2D eigenvalue weighted by Gasteiger charge is -2.03. The third-order valence-electron chi connectivity index (χ3n) is 2.45. The van der Waals surface area contributed by atoms with Crippen molar-refractivity contribution in [2.24, 2.45) is 13.0 Å². The summed E-state index contributed by atoms with van der Waals surface area (Å²) in [6.45, 7) is 1.49. The maximum absolute atomic E-state index is 11.6. The van der Waals surface area contributed by atoms with Crippen LogP contribution in [0.5, 0.6) is 0 Å². The van der Waals surface area contributed by atoms with Crippen molar-refractivity contribution >= 4 is 5.78 Å². The van der Waals surface area contributed by atoms with Crippen molar-refractivity contribution in [3.8, 4) is 0 Å². The van der Waals surface area contributed by atoms with Crippen LogP contribution in [-0.2, 0) is 23.0 Å². The molecule has 0 amide bonds. The van der Waals surface area contributed by atoms with Gasteiger partial charge in [0.15, 0.2) is 5.82 Å². The van der Waals surface area contributed by atoms with Crippen molar-refractivity contribution < 1.29 is 9.53 Å². The summed E-state index contributed by atoms with van der Waals surface area (Å²) in [7, 11) is 1.69. The standard InChI is InChI=1S/C9H14N4O2/c1-13-11-9(10-12-13)5-8(14)4-7-2-3-15-6-7/h7H,2-6H2,1H3. The first-order valence-electron chi connectivity index (χ1n) is 5.06. The van der Waals surface area contributed by atoms with Crippen LogP contribution in [0, 0.1) is 5.92 Å². The van der Waals surface area contributed by atoms with Gasteiger partial charge in [0.25, 0.3) is 0 Å². The molecule has 1 atom stereocenters. The molecule has 1 fully saturated rings. The molecule has 2 rings (SSSR count). The molecule has 1 aromatic heterocycles. The van der Waals surface area contributed by atoms with Gasteiger partial charge >= 0.3 is 0 Å². The molecule has 2 heterocycles. The van der Waals surface area contributed by atoms with Crippen LogP contribution in [0.15, 0.2) is 0 Å². The average molecular weight is 210 g/mol. The summed E-state index contributed by atoms with van der Waals surface area (Å²) in [4.78, 5) is 13.0. The number of aryl methyl sites for hydroxylation is 1. The molecule has 0 radical (unpaired) electrons. The topological polar surface area (TPSA) is 69.9 Å². The lowest BCUT2D eigenvalue weighted by molar-refractivity contribution is -0.119. The third kappa shape index (κ3) is 2.82. The Balaban J connectivity index is 1.81. The van der Waals surface area contributed by atoms with Crippen molar-refractivity contribution in [1.29, 1.82) is 0 Å². The number of carbonyl (C=O) groups excluding carboxylic acids is 1. The second kappa shape index (κ2) is 4.48. The van der Waals surface area contributed by atoms with E-state index in [4.69, 9.17) is 4.74 Å². The van der Waals surface area contributed by atoms with E-state index in [9.17, 15) is 4.79 Å². The van der Waals surface area contributed by atoms with E-state index in [1.165, 1.54) is 4.80 Å². The summed E-state index contributed by atoms with van der Waals surface area (Å²) in [6.07, 6.45) is 1.84. The molecule has 6 heteroatoms. The Morgan fingerprint density at radius 2 is 2.53 bits per heavy atom. The van der Waals surface area contributed by atoms with Gasteiger partial charge in [-0.2, -0.15) is 4.80 Å². The van der Waals surface area contributed by atoms with Gasteiger partial charge in [-0.3, -0.25) is 4.79 Å². The number of hydrogen-bond acceptors (Lipinski definition) is 5. The van der Waals surface area contributed by atoms with E-state index in [1.54, 1.807) is 7.05 Å². The second-order valence-electron chi connectivity index (χ2n) is 3.84. The highest BCUT2D eigenvalue weighted by Gasteiger charge is 2.20. The maximum Gasteiger partial charge on any atom is 0.182 e. The Morgan fingerprint density at radius 3 is 3.13 bits per heavy atom. The molecule has 0 N–H and O–H groups in total. The summed E-state index contributed by atoms with van der Waals surface area (Å²) >= 11 is 0. The summed E-state index contributed by atoms with van der Waals surface area (Å²) in [5.74, 6) is 1.05. The smallest absolute Gasteiger partial charge is 0.182 e. The maximum atomic E-state index is 11.6. The van der Waals surface area contributed by atoms with Crippen molar-refractivity contribution in [3.05, 3.63) is 5.82 Å². The number of carbonyl (C=O) groups is 1. The highest BCUT2D eigenvalue weighted by molar-refractivity contribution is 5.80. The zero-order chi connectivity index (χ0) is 10.7. The molecule has 0 aromatic carbocycles. The van der Waals surface area contributed by atoms with Crippen molar-refractivity contribution in [2.45, 2.75) is 19.3 Å². The van der Waals surface area contributed by atoms with Gasteiger partial charge in [0, 0.05) is 19.6 Å². The fourth-order valence-electron chi connectivity index (χ4n) is 1.71. The summed E-state index contributed by atoms with van der Waals surface area (Å²) in [5.41, 5.74) is 0. The number of ketones is 1. The lowest BCUT2D eigenvalue weighted by atomic mass is 10.0. The lowest BCUT2D eigenvalue weighted by Crippen LogP contribution is -2.11. The predicted octanol–water partition coefficient (Wildman–Crippen LogP) is -0.252. The monoisotopic (exact) mass is 210 g/mol. The van der Waals surface area contributed by atoms with E-state index in [0.717, 1.165) is 13.0 Å². The molecule has 0 spiro atoms. The first-order chi connectivity index (χ1) is 7.24. The van der Waals surface area contributed by atoms with Gasteiger partial charge in [-0.1, -0.05) is 0 Å². The summed E-state index contributed by atoms with van der Waals surface area (Å²) in [5, 5.41) is 11.4. The van der Waals surface area contributed by atoms with Gasteiger partial charge in [0.1, 0.15) is 5.78 Å². The molecule has 1 aliphatic heterocycles. The number of aromatic nitrogens is 4. The molecule has 1 saturated heterocycles. The Hall–Kier alpha value is -1.30. The zero-order valence-corrected chi connectivity index (χ0v) is 8.72. The first-order valence-corrected chi connectivity index (χ1v) is 5.06. The van der Waals surface area contributed by atoms with E-state index >= 15 is 0 Å². The largest absolute Gasteiger partial charge is 0.381 e. The molecule has 82 valence electrons. The van der Waals surface area contributed by atoms with Gasteiger partial charge < -0.3 is 4.74 Å². The van der Waals surface area contributed by atoms with E-state index in [0.29, 0.717) is 24.8 Å². The van der Waals surface area contributed by atoms with Crippen LogP contribution >= 0.6 is 0 Å². The normalized spacial score (nSPS) is 20.7. The molecular weight excluding hydrogens is 196 g/mol. The van der Waals surface area contributed by atoms with E-state index < -0.39 is 0 Å². The molecular formula is C9H14N4O2. The molecule has 1 unspecified atom stereocenters. The van der Waals surface area contributed by atoms with E-state index in [2.05, 4.69) is 15.4 Å². The SMILES string of the molecule is Cn1nnc(CC(=O)CC2CCOC2)n1. The fourth-order valence-corrected chi connectivity index (χ4v) is 1.71. The molecule has 15 heavy (non-hydrogen) atoms. The quantitative estimate of drug-likeness (QED) is 0.685. The minimum Gasteiger partial charge on any atom is -0.381 e. The number of ether oxygens (including phenoxy) is 1. The molecule has 1 aromatic rings. The Labute approximate surface area is 87.6 Å². The molecule has 6 nitrogen and oxygen atoms in total. The number of Topliss-reactive ketones (excluding diaryl/α,β-unsaturated/α-hetero) is 1. The van der Waals surface area contributed by atoms with Crippen LogP contribution in [0.1, 0.15) is 18.7 Å². The summed E-state index contributed by atoms with van der Waals surface area (Å²) in [6, 6.07) is 0. The van der Waals surface area contributed by atoms with Crippen molar-refractivity contribution in [1.82, 2.24) is 20.2 Å². The number of rotatable bonds is 4. The Morgan fingerprint density at radius 1 is 1.67 bits per heavy atom. The molecule has 0 aliphatic carbocycles. The highest BCUT2D eigenvalue weighted by atomic mass is 16.5. The minimum atomic E-state index is 0.165. The van der Waals surface area contributed by atoms with Crippen LogP contribution in [0.4, 0.5) is 0 Å². The van der Waals surface area contributed by atoms with Crippen LogP contribution in [0.2, 0.25) is 0 Å². The van der Waals surface area contributed by atoms with Crippen LogP contribution in [-0.4, -0.2) is 39.2 Å². The van der Waals surface area contributed by atoms with Crippen molar-refractivity contribution in [3.63, 3.8) is 0 Å². The second-order valence-corrected chi connectivity index (χ2v) is 3.84. The first kappa shape index (κ1) is 10.2. The van der Waals surface area contributed by atoms with Gasteiger partial charge in [0.2, 0.25) is 0 Å². The molecule has 0 bridgehead atoms. The van der Waals surface area contributed by atoms with Crippen LogP contribution in [0.25, 0.3) is 0 Å². The van der Waals surface area contributed by atoms with Gasteiger partial charge in [-0.25, -0.2) is 0 Å². The highest BCUT2D eigenvalue weighted by Crippen LogP contribution is 2.16. The number of tetrazole rings is 1. The van der Waals surface area contributed by atoms with E-state index in [-0.39, 0.29) is 12.2 Å². The number of hydrogen-bond donors (Lipinski definition) is 0. The Bertz CT molecular complexity index is 344. The fraction of sp³-hybridized carbons (Fsp3) is 0.778. The van der Waals surface area contributed by atoms with E-state index in [1.807, 2.05) is 0 Å². The van der Waals surface area contributed by atoms with Crippen LogP contribution < -0.4 is 0 Å². The van der Waals surface area contributed by atoms with Gasteiger partial charge in [-0.15, -0.1) is 10.2 Å². The minimum absolute atomic E-state index is 0.165.